The lowest BCUT2D eigenvalue weighted by Gasteiger charge is -1.99. The Morgan fingerprint density at radius 3 is 2.56 bits per heavy atom. The van der Waals surface area contributed by atoms with Gasteiger partial charge in [-0.3, -0.25) is 0 Å². The summed E-state index contributed by atoms with van der Waals surface area (Å²) in [6, 6.07) is 14.5. The quantitative estimate of drug-likeness (QED) is 0.602. The highest BCUT2D eigenvalue weighted by Gasteiger charge is 2.15. The minimum Gasteiger partial charge on any atom is -0.455 e. The molecular formula is C15H11FOS. The first-order valence-electron chi connectivity index (χ1n) is 5.61. The minimum atomic E-state index is -0.238. The summed E-state index contributed by atoms with van der Waals surface area (Å²) in [5.41, 5.74) is 1.73. The van der Waals surface area contributed by atoms with Gasteiger partial charge in [-0.1, -0.05) is 30.3 Å². The predicted molar refractivity (Wildman–Crippen MR) is 73.4 cm³/mol. The van der Waals surface area contributed by atoms with Gasteiger partial charge in [-0.2, -0.15) is 0 Å². The minimum absolute atomic E-state index is 0.238. The van der Waals surface area contributed by atoms with E-state index in [1.165, 1.54) is 12.1 Å². The molecule has 0 spiro atoms. The highest BCUT2D eigenvalue weighted by atomic mass is 32.2. The fraction of sp³-hybridized carbons (Fsp3) is 0.0667. The zero-order chi connectivity index (χ0) is 12.5. The van der Waals surface area contributed by atoms with Crippen LogP contribution in [0.2, 0.25) is 0 Å². The Bertz CT molecular complexity index is 688. The van der Waals surface area contributed by atoms with E-state index in [1.807, 2.05) is 36.6 Å². The van der Waals surface area contributed by atoms with Crippen molar-refractivity contribution in [2.45, 2.75) is 4.90 Å². The molecule has 0 aliphatic heterocycles. The lowest BCUT2D eigenvalue weighted by molar-refractivity contribution is 0.616. The number of fused-ring (bicyclic) bond motifs is 1. The smallest absolute Gasteiger partial charge is 0.148 e. The molecule has 1 nitrogen and oxygen atoms in total. The number of hydrogen-bond donors (Lipinski definition) is 0. The third-order valence-corrected chi connectivity index (χ3v) is 3.66. The first-order valence-corrected chi connectivity index (χ1v) is 6.83. The maximum Gasteiger partial charge on any atom is 0.148 e. The van der Waals surface area contributed by atoms with Crippen LogP contribution in [0.5, 0.6) is 0 Å². The van der Waals surface area contributed by atoms with Crippen LogP contribution in [0, 0.1) is 5.82 Å². The summed E-state index contributed by atoms with van der Waals surface area (Å²) in [6.07, 6.45) is 1.97. The number of furan rings is 1. The zero-order valence-electron chi connectivity index (χ0n) is 9.81. The van der Waals surface area contributed by atoms with Gasteiger partial charge in [0, 0.05) is 10.9 Å². The van der Waals surface area contributed by atoms with E-state index in [9.17, 15) is 4.39 Å². The summed E-state index contributed by atoms with van der Waals surface area (Å²) in [5, 5.41) is 0.835. The lowest BCUT2D eigenvalue weighted by Crippen LogP contribution is -1.76. The Balaban J connectivity index is 2.30. The second-order valence-corrected chi connectivity index (χ2v) is 4.79. The number of thioether (sulfide) groups is 1. The van der Waals surface area contributed by atoms with Gasteiger partial charge < -0.3 is 4.42 Å². The zero-order valence-corrected chi connectivity index (χ0v) is 10.6. The standard InChI is InChI=1S/C15H11FOS/c1-18-15-12-9-11(16)7-8-13(12)17-14(15)10-5-3-2-4-6-10/h2-9H,1H3. The van der Waals surface area contributed by atoms with E-state index in [4.69, 9.17) is 4.42 Å². The van der Waals surface area contributed by atoms with Gasteiger partial charge in [0.15, 0.2) is 0 Å². The average molecular weight is 258 g/mol. The second-order valence-electron chi connectivity index (χ2n) is 3.97. The molecule has 0 radical (unpaired) electrons. The highest BCUT2D eigenvalue weighted by Crippen LogP contribution is 2.39. The monoisotopic (exact) mass is 258 g/mol. The Labute approximate surface area is 109 Å². The summed E-state index contributed by atoms with van der Waals surface area (Å²) in [6.45, 7) is 0. The van der Waals surface area contributed by atoms with Crippen LogP contribution >= 0.6 is 11.8 Å². The summed E-state index contributed by atoms with van der Waals surface area (Å²) in [7, 11) is 0. The number of benzene rings is 2. The molecule has 0 fully saturated rings. The molecule has 3 rings (SSSR count). The molecule has 0 saturated carbocycles. The van der Waals surface area contributed by atoms with Crippen molar-refractivity contribution in [3.63, 3.8) is 0 Å². The lowest BCUT2D eigenvalue weighted by atomic mass is 10.1. The van der Waals surface area contributed by atoms with E-state index in [2.05, 4.69) is 0 Å². The van der Waals surface area contributed by atoms with Crippen LogP contribution in [0.25, 0.3) is 22.3 Å². The van der Waals surface area contributed by atoms with Crippen molar-refractivity contribution in [2.24, 2.45) is 0 Å². The highest BCUT2D eigenvalue weighted by molar-refractivity contribution is 7.99. The van der Waals surface area contributed by atoms with E-state index < -0.39 is 0 Å². The topological polar surface area (TPSA) is 13.1 Å². The fourth-order valence-electron chi connectivity index (χ4n) is 2.03. The molecule has 0 aliphatic carbocycles. The van der Waals surface area contributed by atoms with Gasteiger partial charge in [0.2, 0.25) is 0 Å². The van der Waals surface area contributed by atoms with E-state index >= 15 is 0 Å². The summed E-state index contributed by atoms with van der Waals surface area (Å²) >= 11 is 1.57. The van der Waals surface area contributed by atoms with Gasteiger partial charge in [-0.25, -0.2) is 4.39 Å². The molecule has 0 amide bonds. The SMILES string of the molecule is CSc1c(-c2ccccc2)oc2ccc(F)cc12. The molecule has 0 saturated heterocycles. The molecule has 2 aromatic carbocycles. The van der Waals surface area contributed by atoms with Crippen molar-refractivity contribution in [3.8, 4) is 11.3 Å². The Kier molecular flexibility index (Phi) is 2.84. The van der Waals surface area contributed by atoms with Crippen LogP contribution < -0.4 is 0 Å². The van der Waals surface area contributed by atoms with Crippen LogP contribution in [-0.2, 0) is 0 Å². The number of rotatable bonds is 2. The Morgan fingerprint density at radius 2 is 1.83 bits per heavy atom. The van der Waals surface area contributed by atoms with Crippen LogP contribution in [0.3, 0.4) is 0 Å². The Hall–Kier alpha value is -1.74. The van der Waals surface area contributed by atoms with Crippen molar-refractivity contribution < 1.29 is 8.81 Å². The molecule has 0 N–H and O–H groups in total. The molecule has 90 valence electrons. The molecule has 18 heavy (non-hydrogen) atoms. The maximum atomic E-state index is 13.3. The van der Waals surface area contributed by atoms with Crippen LogP contribution in [0.4, 0.5) is 4.39 Å². The molecule has 0 atom stereocenters. The van der Waals surface area contributed by atoms with Gasteiger partial charge in [-0.15, -0.1) is 11.8 Å². The predicted octanol–water partition coefficient (Wildman–Crippen LogP) is 4.96. The largest absolute Gasteiger partial charge is 0.455 e. The van der Waals surface area contributed by atoms with Crippen LogP contribution in [0.1, 0.15) is 0 Å². The molecule has 3 heteroatoms. The van der Waals surface area contributed by atoms with Crippen molar-refractivity contribution in [1.29, 1.82) is 0 Å². The maximum absolute atomic E-state index is 13.3. The fourth-order valence-corrected chi connectivity index (χ4v) is 2.75. The van der Waals surface area contributed by atoms with Gasteiger partial charge in [0.05, 0.1) is 4.90 Å². The second kappa shape index (κ2) is 4.50. The van der Waals surface area contributed by atoms with Gasteiger partial charge in [-0.05, 0) is 24.5 Å². The first-order chi connectivity index (χ1) is 8.79. The van der Waals surface area contributed by atoms with Crippen LogP contribution in [-0.4, -0.2) is 6.26 Å². The molecule has 0 bridgehead atoms. The Morgan fingerprint density at radius 1 is 1.06 bits per heavy atom. The molecule has 1 heterocycles. The van der Waals surface area contributed by atoms with E-state index in [0.717, 1.165) is 27.2 Å². The van der Waals surface area contributed by atoms with Crippen molar-refractivity contribution in [3.05, 3.63) is 54.3 Å². The summed E-state index contributed by atoms with van der Waals surface area (Å²) < 4.78 is 19.2. The van der Waals surface area contributed by atoms with Crippen molar-refractivity contribution in [1.82, 2.24) is 0 Å². The van der Waals surface area contributed by atoms with E-state index in [0.29, 0.717) is 0 Å². The van der Waals surface area contributed by atoms with Gasteiger partial charge >= 0.3 is 0 Å². The molecule has 1 aromatic heterocycles. The van der Waals surface area contributed by atoms with Gasteiger partial charge in [0.1, 0.15) is 17.2 Å². The average Bonchev–Trinajstić information content (AvgIpc) is 2.77. The number of hydrogen-bond acceptors (Lipinski definition) is 2. The number of halogens is 1. The molecule has 0 aliphatic rings. The third kappa shape index (κ3) is 1.81. The summed E-state index contributed by atoms with van der Waals surface area (Å²) in [5.74, 6) is 0.571. The van der Waals surface area contributed by atoms with Crippen molar-refractivity contribution in [2.75, 3.05) is 6.26 Å². The molecule has 0 unspecified atom stereocenters. The van der Waals surface area contributed by atoms with Gasteiger partial charge in [0.25, 0.3) is 0 Å². The van der Waals surface area contributed by atoms with E-state index in [-0.39, 0.29) is 5.82 Å². The van der Waals surface area contributed by atoms with Crippen molar-refractivity contribution >= 4 is 22.7 Å². The third-order valence-electron chi connectivity index (χ3n) is 2.84. The normalized spacial score (nSPS) is 11.0. The summed E-state index contributed by atoms with van der Waals surface area (Å²) in [4.78, 5) is 0.982. The van der Waals surface area contributed by atoms with E-state index in [1.54, 1.807) is 17.8 Å². The molecule has 3 aromatic rings. The van der Waals surface area contributed by atoms with Crippen LogP contribution in [0.15, 0.2) is 57.8 Å². The molecular weight excluding hydrogens is 247 g/mol. The first kappa shape index (κ1) is 11.4.